The summed E-state index contributed by atoms with van der Waals surface area (Å²) in [6.45, 7) is 0.651. The molecule has 7 heteroatoms. The molecule has 29 heavy (non-hydrogen) atoms. The molecule has 1 amide bonds. The zero-order valence-corrected chi connectivity index (χ0v) is 17.1. The molecule has 2 N–H and O–H groups in total. The van der Waals surface area contributed by atoms with Crippen LogP contribution >= 0.6 is 0 Å². The Labute approximate surface area is 171 Å². The molecule has 2 atom stereocenters. The number of benzene rings is 2. The summed E-state index contributed by atoms with van der Waals surface area (Å²) < 4.78 is 23.6. The van der Waals surface area contributed by atoms with Crippen LogP contribution < -0.4 is 20.3 Å². The first-order valence-corrected chi connectivity index (χ1v) is 9.75. The van der Waals surface area contributed by atoms with Gasteiger partial charge in [0.2, 0.25) is 0 Å². The molecule has 2 aromatic carbocycles. The molecule has 0 saturated carbocycles. The molecule has 0 aliphatic carbocycles. The number of carbonyl (C=O) groups is 1. The van der Waals surface area contributed by atoms with E-state index in [9.17, 15) is 9.18 Å². The lowest BCUT2D eigenvalue weighted by Gasteiger charge is -2.19. The fourth-order valence-corrected chi connectivity index (χ4v) is 3.55. The number of ether oxygens (including phenoxy) is 2. The Morgan fingerprint density at radius 1 is 1.10 bits per heavy atom. The van der Waals surface area contributed by atoms with Gasteiger partial charge < -0.3 is 14.4 Å². The quantitative estimate of drug-likeness (QED) is 0.711. The molecule has 0 bridgehead atoms. The van der Waals surface area contributed by atoms with Gasteiger partial charge in [-0.05, 0) is 49.1 Å². The first kappa shape index (κ1) is 21.1. The van der Waals surface area contributed by atoms with Crippen LogP contribution in [0.2, 0.25) is 0 Å². The van der Waals surface area contributed by atoms with Crippen LogP contribution in [0.1, 0.15) is 41.2 Å². The number of nitrogens with zero attached hydrogens (tertiary/aromatic N) is 1. The van der Waals surface area contributed by atoms with Crippen LogP contribution in [-0.4, -0.2) is 44.7 Å². The van der Waals surface area contributed by atoms with E-state index in [0.717, 1.165) is 24.8 Å². The number of amides is 1. The maximum Gasteiger partial charge on any atom is 0.253 e. The summed E-state index contributed by atoms with van der Waals surface area (Å²) in [6, 6.07) is 12.3. The van der Waals surface area contributed by atoms with Crippen LogP contribution in [0.15, 0.2) is 42.5 Å². The summed E-state index contributed by atoms with van der Waals surface area (Å²) in [5.41, 5.74) is 8.19. The van der Waals surface area contributed by atoms with Gasteiger partial charge in [0, 0.05) is 37.3 Å². The highest BCUT2D eigenvalue weighted by Gasteiger charge is 2.25. The fraction of sp³-hybridized carbons (Fsp3) is 0.409. The monoisotopic (exact) mass is 401 g/mol. The second kappa shape index (κ2) is 9.71. The van der Waals surface area contributed by atoms with E-state index in [2.05, 4.69) is 10.9 Å². The summed E-state index contributed by atoms with van der Waals surface area (Å²) in [4.78, 5) is 14.4. The Morgan fingerprint density at radius 3 is 2.38 bits per heavy atom. The molecule has 156 valence electrons. The van der Waals surface area contributed by atoms with Crippen molar-refractivity contribution in [3.05, 3.63) is 59.4 Å². The number of methoxy groups -OCH3 is 2. The minimum Gasteiger partial charge on any atom is -0.497 e. The molecule has 6 nitrogen and oxygen atoms in total. The first-order chi connectivity index (χ1) is 14.0. The Kier molecular flexibility index (Phi) is 7.06. The first-order valence-electron chi connectivity index (χ1n) is 9.75. The predicted octanol–water partition coefficient (Wildman–Crippen LogP) is 3.30. The number of hydrogen-bond donors (Lipinski definition) is 2. The Bertz CT molecular complexity index is 806. The number of hydrogen-bond acceptors (Lipinski definition) is 5. The minimum atomic E-state index is -0.224. The highest BCUT2D eigenvalue weighted by molar-refractivity contribution is 5.95. The molecule has 1 heterocycles. The van der Waals surface area contributed by atoms with Crippen molar-refractivity contribution >= 4 is 5.91 Å². The number of rotatable bonds is 8. The average molecular weight is 401 g/mol. The molecule has 0 radical (unpaired) electrons. The maximum atomic E-state index is 13.1. The van der Waals surface area contributed by atoms with Gasteiger partial charge in [0.15, 0.2) is 0 Å². The van der Waals surface area contributed by atoms with Crippen LogP contribution in [0, 0.1) is 5.82 Å². The third-order valence-electron chi connectivity index (χ3n) is 5.25. The van der Waals surface area contributed by atoms with Crippen molar-refractivity contribution in [3.8, 4) is 11.5 Å². The normalized spacial score (nSPS) is 18.5. The largest absolute Gasteiger partial charge is 0.497 e. The van der Waals surface area contributed by atoms with Crippen LogP contribution in [0.4, 0.5) is 4.39 Å². The van der Waals surface area contributed by atoms with Gasteiger partial charge in [0.1, 0.15) is 17.3 Å². The lowest BCUT2D eigenvalue weighted by atomic mass is 9.99. The van der Waals surface area contributed by atoms with Gasteiger partial charge in [-0.25, -0.2) is 4.39 Å². The second-order valence-corrected chi connectivity index (χ2v) is 7.30. The van der Waals surface area contributed by atoms with E-state index < -0.39 is 0 Å². The van der Waals surface area contributed by atoms with Gasteiger partial charge in [-0.2, -0.15) is 0 Å². The van der Waals surface area contributed by atoms with Gasteiger partial charge >= 0.3 is 0 Å². The van der Waals surface area contributed by atoms with E-state index in [4.69, 9.17) is 9.47 Å². The standard InChI is InChI=1S/C22H28FN3O3/c1-26(22(27)16-11-19(28-2)14-20(12-16)29-3)10-4-5-18-13-21(25-24-18)15-6-8-17(23)9-7-15/h6-9,11-12,14,18,21,24-25H,4-5,10,13H2,1-3H3. The SMILES string of the molecule is COc1cc(OC)cc(C(=O)N(C)CCCC2CC(c3ccc(F)cc3)NN2)c1. The van der Waals surface area contributed by atoms with Gasteiger partial charge in [0.25, 0.3) is 5.91 Å². The van der Waals surface area contributed by atoms with E-state index in [-0.39, 0.29) is 17.8 Å². The summed E-state index contributed by atoms with van der Waals surface area (Å²) in [7, 11) is 4.93. The molecule has 0 spiro atoms. The van der Waals surface area contributed by atoms with Crippen molar-refractivity contribution in [2.75, 3.05) is 27.8 Å². The van der Waals surface area contributed by atoms with Crippen molar-refractivity contribution in [2.45, 2.75) is 31.3 Å². The summed E-state index contributed by atoms with van der Waals surface area (Å²) >= 11 is 0. The third kappa shape index (κ3) is 5.46. The smallest absolute Gasteiger partial charge is 0.253 e. The van der Waals surface area contributed by atoms with Crippen molar-refractivity contribution < 1.29 is 18.7 Å². The summed E-state index contributed by atoms with van der Waals surface area (Å²) in [6.07, 6.45) is 2.74. The van der Waals surface area contributed by atoms with E-state index in [1.54, 1.807) is 44.4 Å². The molecule has 0 aromatic heterocycles. The molecule has 1 fully saturated rings. The van der Waals surface area contributed by atoms with Gasteiger partial charge in [-0.15, -0.1) is 0 Å². The second-order valence-electron chi connectivity index (χ2n) is 7.30. The molecule has 2 aromatic rings. The number of hydrazine groups is 1. The van der Waals surface area contributed by atoms with E-state index in [0.29, 0.717) is 29.6 Å². The Hall–Kier alpha value is -2.64. The van der Waals surface area contributed by atoms with E-state index in [1.807, 2.05) is 12.1 Å². The van der Waals surface area contributed by atoms with Crippen molar-refractivity contribution in [1.29, 1.82) is 0 Å². The highest BCUT2D eigenvalue weighted by atomic mass is 19.1. The van der Waals surface area contributed by atoms with E-state index >= 15 is 0 Å². The van der Waals surface area contributed by atoms with Gasteiger partial charge in [-0.1, -0.05) is 12.1 Å². The maximum absolute atomic E-state index is 13.1. The molecule has 2 unspecified atom stereocenters. The zero-order chi connectivity index (χ0) is 20.8. The van der Waals surface area contributed by atoms with Crippen LogP contribution in [0.5, 0.6) is 11.5 Å². The Balaban J connectivity index is 1.48. The lowest BCUT2D eigenvalue weighted by Crippen LogP contribution is -2.32. The molecular formula is C22H28FN3O3. The molecule has 1 aliphatic rings. The topological polar surface area (TPSA) is 62.8 Å². The van der Waals surface area contributed by atoms with Crippen LogP contribution in [0.3, 0.4) is 0 Å². The van der Waals surface area contributed by atoms with Gasteiger partial charge in [0.05, 0.1) is 14.2 Å². The minimum absolute atomic E-state index is 0.0658. The van der Waals surface area contributed by atoms with Crippen molar-refractivity contribution in [2.24, 2.45) is 0 Å². The zero-order valence-electron chi connectivity index (χ0n) is 17.1. The molecule has 1 saturated heterocycles. The highest BCUT2D eigenvalue weighted by Crippen LogP contribution is 2.25. The Morgan fingerprint density at radius 2 is 1.76 bits per heavy atom. The number of nitrogens with one attached hydrogen (secondary N) is 2. The summed E-state index contributed by atoms with van der Waals surface area (Å²) in [5, 5.41) is 0. The number of halogens is 1. The molecule has 3 rings (SSSR count). The fourth-order valence-electron chi connectivity index (χ4n) is 3.55. The van der Waals surface area contributed by atoms with Gasteiger partial charge in [-0.3, -0.25) is 15.6 Å². The molecule has 1 aliphatic heterocycles. The van der Waals surface area contributed by atoms with Crippen LogP contribution in [-0.2, 0) is 0 Å². The predicted molar refractivity (Wildman–Crippen MR) is 110 cm³/mol. The van der Waals surface area contributed by atoms with Crippen molar-refractivity contribution in [3.63, 3.8) is 0 Å². The summed E-state index contributed by atoms with van der Waals surface area (Å²) in [5.74, 6) is 0.893. The molecular weight excluding hydrogens is 373 g/mol. The lowest BCUT2D eigenvalue weighted by molar-refractivity contribution is 0.0791. The average Bonchev–Trinajstić information content (AvgIpc) is 3.22. The van der Waals surface area contributed by atoms with E-state index in [1.165, 1.54) is 12.1 Å². The number of carbonyl (C=O) groups excluding carboxylic acids is 1. The van der Waals surface area contributed by atoms with Crippen LogP contribution in [0.25, 0.3) is 0 Å². The van der Waals surface area contributed by atoms with Crippen molar-refractivity contribution in [1.82, 2.24) is 15.8 Å². The third-order valence-corrected chi connectivity index (χ3v) is 5.25.